The highest BCUT2D eigenvalue weighted by Crippen LogP contribution is 2.32. The zero-order valence-electron chi connectivity index (χ0n) is 8.20. The summed E-state index contributed by atoms with van der Waals surface area (Å²) in [5, 5.41) is 9.62. The molecule has 1 unspecified atom stereocenters. The molecule has 0 N–H and O–H groups in total. The fourth-order valence-corrected chi connectivity index (χ4v) is 2.19. The molecule has 14 heavy (non-hydrogen) atoms. The first-order valence-corrected chi connectivity index (χ1v) is 5.71. The summed E-state index contributed by atoms with van der Waals surface area (Å²) in [5.74, 6) is 0.335. The molecule has 0 aromatic heterocycles. The number of thioether (sulfide) groups is 1. The molecule has 0 aliphatic heterocycles. The lowest BCUT2D eigenvalue weighted by atomic mass is 10.1. The van der Waals surface area contributed by atoms with Crippen molar-refractivity contribution < 1.29 is 0 Å². The van der Waals surface area contributed by atoms with Crippen LogP contribution >= 0.6 is 23.4 Å². The molecule has 0 saturated carbocycles. The minimum absolute atomic E-state index is 0.0325. The third-order valence-corrected chi connectivity index (χ3v) is 3.78. The molecule has 1 atom stereocenters. The Morgan fingerprint density at radius 2 is 2.00 bits per heavy atom. The average molecular weight is 226 g/mol. The smallest absolute Gasteiger partial charge is 0.0986 e. The fraction of sp³-hybridized carbons (Fsp3) is 0.364. The Bertz CT molecular complexity index is 343. The number of nitrogens with zero attached hydrogens (tertiary/aromatic N) is 1. The van der Waals surface area contributed by atoms with Crippen LogP contribution in [-0.2, 0) is 0 Å². The Kier molecular flexibility index (Phi) is 4.31. The zero-order valence-corrected chi connectivity index (χ0v) is 9.77. The standard InChI is InChI=1S/C11H12ClNS/c1-8(2)11(7-13)14-10-6-4-3-5-9(10)12/h3-6,8,11H,1-2H3. The van der Waals surface area contributed by atoms with Gasteiger partial charge < -0.3 is 0 Å². The van der Waals surface area contributed by atoms with Crippen molar-refractivity contribution in [1.82, 2.24) is 0 Å². The van der Waals surface area contributed by atoms with Crippen LogP contribution in [0.5, 0.6) is 0 Å². The van der Waals surface area contributed by atoms with E-state index in [0.29, 0.717) is 5.92 Å². The van der Waals surface area contributed by atoms with Crippen LogP contribution in [0.4, 0.5) is 0 Å². The van der Waals surface area contributed by atoms with E-state index in [1.165, 1.54) is 11.8 Å². The number of benzene rings is 1. The molecule has 0 amide bonds. The van der Waals surface area contributed by atoms with E-state index < -0.39 is 0 Å². The van der Waals surface area contributed by atoms with Gasteiger partial charge in [-0.15, -0.1) is 11.8 Å². The highest BCUT2D eigenvalue weighted by Gasteiger charge is 2.14. The lowest BCUT2D eigenvalue weighted by Gasteiger charge is -2.12. The molecule has 0 spiro atoms. The number of halogens is 1. The van der Waals surface area contributed by atoms with Crippen LogP contribution in [-0.4, -0.2) is 5.25 Å². The van der Waals surface area contributed by atoms with E-state index in [-0.39, 0.29) is 5.25 Å². The van der Waals surface area contributed by atoms with Gasteiger partial charge in [-0.2, -0.15) is 5.26 Å². The summed E-state index contributed by atoms with van der Waals surface area (Å²) in [4.78, 5) is 0.981. The topological polar surface area (TPSA) is 23.8 Å². The third-order valence-electron chi connectivity index (χ3n) is 1.82. The fourth-order valence-electron chi connectivity index (χ4n) is 0.989. The van der Waals surface area contributed by atoms with Crippen LogP contribution in [0.15, 0.2) is 29.2 Å². The highest BCUT2D eigenvalue weighted by molar-refractivity contribution is 8.00. The Balaban J connectivity index is 2.78. The molecule has 1 aromatic rings. The number of nitriles is 1. The Morgan fingerprint density at radius 3 is 2.50 bits per heavy atom. The summed E-state index contributed by atoms with van der Waals surface area (Å²) >= 11 is 7.53. The summed E-state index contributed by atoms with van der Waals surface area (Å²) in [7, 11) is 0. The molecule has 0 fully saturated rings. The summed E-state index contributed by atoms with van der Waals surface area (Å²) in [6, 6.07) is 9.90. The van der Waals surface area contributed by atoms with Crippen LogP contribution in [0.25, 0.3) is 0 Å². The Hall–Kier alpha value is -0.650. The van der Waals surface area contributed by atoms with Gasteiger partial charge in [0.05, 0.1) is 16.3 Å². The summed E-state index contributed by atoms with van der Waals surface area (Å²) in [6.07, 6.45) is 0. The second-order valence-electron chi connectivity index (χ2n) is 3.34. The molecular weight excluding hydrogens is 214 g/mol. The summed E-state index contributed by atoms with van der Waals surface area (Å²) in [6.45, 7) is 4.08. The molecule has 1 nitrogen and oxygen atoms in total. The van der Waals surface area contributed by atoms with Gasteiger partial charge >= 0.3 is 0 Å². The lowest BCUT2D eigenvalue weighted by Crippen LogP contribution is -2.07. The number of rotatable bonds is 3. The monoisotopic (exact) mass is 225 g/mol. The van der Waals surface area contributed by atoms with Crippen LogP contribution in [0.1, 0.15) is 13.8 Å². The molecule has 3 heteroatoms. The van der Waals surface area contributed by atoms with E-state index >= 15 is 0 Å². The molecule has 0 bridgehead atoms. The van der Waals surface area contributed by atoms with Crippen molar-refractivity contribution >= 4 is 23.4 Å². The van der Waals surface area contributed by atoms with Gasteiger partial charge in [0.1, 0.15) is 0 Å². The maximum atomic E-state index is 8.93. The second-order valence-corrected chi connectivity index (χ2v) is 4.93. The third kappa shape index (κ3) is 2.94. The van der Waals surface area contributed by atoms with Crippen molar-refractivity contribution in [2.24, 2.45) is 5.92 Å². The Labute approximate surface area is 94.1 Å². The van der Waals surface area contributed by atoms with Crippen LogP contribution in [0.3, 0.4) is 0 Å². The van der Waals surface area contributed by atoms with Gasteiger partial charge in [-0.1, -0.05) is 37.6 Å². The summed E-state index contributed by atoms with van der Waals surface area (Å²) < 4.78 is 0. The van der Waals surface area contributed by atoms with Gasteiger partial charge in [0.15, 0.2) is 0 Å². The quantitative estimate of drug-likeness (QED) is 0.727. The van der Waals surface area contributed by atoms with E-state index in [4.69, 9.17) is 16.9 Å². The van der Waals surface area contributed by atoms with E-state index in [9.17, 15) is 0 Å². The molecule has 1 aromatic carbocycles. The number of hydrogen-bond donors (Lipinski definition) is 0. The minimum atomic E-state index is -0.0325. The van der Waals surface area contributed by atoms with Crippen LogP contribution in [0, 0.1) is 17.2 Å². The first-order valence-electron chi connectivity index (χ1n) is 4.46. The second kappa shape index (κ2) is 5.29. The molecule has 0 aliphatic carbocycles. The van der Waals surface area contributed by atoms with E-state index in [2.05, 4.69) is 6.07 Å². The maximum absolute atomic E-state index is 8.93. The van der Waals surface area contributed by atoms with Gasteiger partial charge in [-0.05, 0) is 18.1 Å². The lowest BCUT2D eigenvalue weighted by molar-refractivity contribution is 0.685. The van der Waals surface area contributed by atoms with E-state index in [1.807, 2.05) is 38.1 Å². The predicted molar refractivity (Wildman–Crippen MR) is 61.5 cm³/mol. The normalized spacial score (nSPS) is 12.5. The van der Waals surface area contributed by atoms with Crippen molar-refractivity contribution in [1.29, 1.82) is 5.26 Å². The first-order chi connectivity index (χ1) is 6.65. The molecule has 0 radical (unpaired) electrons. The van der Waals surface area contributed by atoms with Crippen molar-refractivity contribution in [3.63, 3.8) is 0 Å². The molecule has 0 saturated heterocycles. The van der Waals surface area contributed by atoms with E-state index in [1.54, 1.807) is 0 Å². The van der Waals surface area contributed by atoms with Crippen molar-refractivity contribution in [3.8, 4) is 6.07 Å². The van der Waals surface area contributed by atoms with Crippen LogP contribution in [0.2, 0.25) is 5.02 Å². The van der Waals surface area contributed by atoms with Gasteiger partial charge in [0, 0.05) is 4.90 Å². The maximum Gasteiger partial charge on any atom is 0.0986 e. The molecule has 0 aliphatic rings. The molecule has 1 rings (SSSR count). The van der Waals surface area contributed by atoms with Crippen molar-refractivity contribution in [2.75, 3.05) is 0 Å². The molecule has 74 valence electrons. The first kappa shape index (κ1) is 11.4. The predicted octanol–water partition coefficient (Wildman–Crippen LogP) is 3.98. The largest absolute Gasteiger partial charge is 0.197 e. The highest BCUT2D eigenvalue weighted by atomic mass is 35.5. The van der Waals surface area contributed by atoms with Crippen molar-refractivity contribution in [3.05, 3.63) is 29.3 Å². The van der Waals surface area contributed by atoms with Gasteiger partial charge in [0.25, 0.3) is 0 Å². The molecule has 0 heterocycles. The Morgan fingerprint density at radius 1 is 1.36 bits per heavy atom. The average Bonchev–Trinajstić information content (AvgIpc) is 2.16. The SMILES string of the molecule is CC(C)C(C#N)Sc1ccccc1Cl. The van der Waals surface area contributed by atoms with Gasteiger partial charge in [0.2, 0.25) is 0 Å². The zero-order chi connectivity index (χ0) is 10.6. The van der Waals surface area contributed by atoms with Gasteiger partial charge in [-0.3, -0.25) is 0 Å². The van der Waals surface area contributed by atoms with Gasteiger partial charge in [-0.25, -0.2) is 0 Å². The molecular formula is C11H12ClNS. The van der Waals surface area contributed by atoms with E-state index in [0.717, 1.165) is 9.92 Å². The van der Waals surface area contributed by atoms with Crippen LogP contribution < -0.4 is 0 Å². The minimum Gasteiger partial charge on any atom is -0.197 e. The number of hydrogen-bond acceptors (Lipinski definition) is 2. The van der Waals surface area contributed by atoms with Crippen molar-refractivity contribution in [2.45, 2.75) is 24.0 Å². The summed E-state index contributed by atoms with van der Waals surface area (Å²) in [5.41, 5.74) is 0.